The van der Waals surface area contributed by atoms with Crippen molar-refractivity contribution < 1.29 is 27.6 Å². The van der Waals surface area contributed by atoms with Crippen LogP contribution in [0.25, 0.3) is 0 Å². The summed E-state index contributed by atoms with van der Waals surface area (Å²) in [5.41, 5.74) is 0.213. The molecule has 2 rings (SSSR count). The van der Waals surface area contributed by atoms with Crippen LogP contribution in [0.3, 0.4) is 0 Å². The molecule has 9 nitrogen and oxygen atoms in total. The summed E-state index contributed by atoms with van der Waals surface area (Å²) in [5.74, 6) is -1.28. The number of rotatable bonds is 6. The third-order valence-electron chi connectivity index (χ3n) is 4.01. The third-order valence-corrected chi connectivity index (χ3v) is 5.79. The summed E-state index contributed by atoms with van der Waals surface area (Å²) in [6.45, 7) is 4.84. The van der Waals surface area contributed by atoms with Gasteiger partial charge in [0.15, 0.2) is 5.76 Å². The van der Waals surface area contributed by atoms with Crippen LogP contribution in [0, 0.1) is 13.8 Å². The largest absolute Gasteiger partial charge is 0.481 e. The van der Waals surface area contributed by atoms with Crippen LogP contribution in [-0.2, 0) is 19.6 Å². The van der Waals surface area contributed by atoms with Crippen molar-refractivity contribution in [1.29, 1.82) is 0 Å². The molecule has 2 unspecified atom stereocenters. The van der Waals surface area contributed by atoms with Gasteiger partial charge in [-0.25, -0.2) is 8.42 Å². The number of aromatic nitrogens is 1. The second-order valence-electron chi connectivity index (χ2n) is 5.92. The molecule has 0 saturated carbocycles. The Kier molecular flexibility index (Phi) is 5.29. The van der Waals surface area contributed by atoms with Gasteiger partial charge >= 0.3 is 5.97 Å². The molecule has 0 radical (unpaired) electrons. The number of amides is 1. The maximum Gasteiger partial charge on any atom is 0.305 e. The molecular weight excluding hydrogens is 338 g/mol. The van der Waals surface area contributed by atoms with Crippen molar-refractivity contribution in [2.24, 2.45) is 0 Å². The van der Waals surface area contributed by atoms with Crippen LogP contribution < -0.4 is 4.72 Å². The van der Waals surface area contributed by atoms with Crippen molar-refractivity contribution in [3.05, 3.63) is 11.5 Å². The van der Waals surface area contributed by atoms with E-state index in [9.17, 15) is 18.0 Å². The summed E-state index contributed by atoms with van der Waals surface area (Å²) in [4.78, 5) is 24.8. The number of likely N-dealkylation sites (tertiary alicyclic amines) is 1. The van der Waals surface area contributed by atoms with Crippen molar-refractivity contribution >= 4 is 21.9 Å². The Balaban J connectivity index is 2.12. The quantitative estimate of drug-likeness (QED) is 0.753. The van der Waals surface area contributed by atoms with E-state index >= 15 is 0 Å². The maximum absolute atomic E-state index is 12.5. The number of nitrogens with one attached hydrogen (secondary N) is 1. The van der Waals surface area contributed by atoms with E-state index in [4.69, 9.17) is 9.63 Å². The summed E-state index contributed by atoms with van der Waals surface area (Å²) in [6, 6.07) is -1.42. The second-order valence-corrected chi connectivity index (χ2v) is 7.57. The van der Waals surface area contributed by atoms with E-state index in [0.717, 1.165) is 0 Å². The van der Waals surface area contributed by atoms with Gasteiger partial charge < -0.3 is 14.5 Å². The molecule has 0 bridgehead atoms. The Hall–Kier alpha value is -1.94. The molecule has 1 saturated heterocycles. The molecule has 1 aromatic rings. The monoisotopic (exact) mass is 359 g/mol. The third kappa shape index (κ3) is 3.75. The number of hydrogen-bond acceptors (Lipinski definition) is 6. The summed E-state index contributed by atoms with van der Waals surface area (Å²) in [7, 11) is -3.96. The zero-order valence-corrected chi connectivity index (χ0v) is 14.6. The highest BCUT2D eigenvalue weighted by Crippen LogP contribution is 2.22. The number of carboxylic acids is 1. The van der Waals surface area contributed by atoms with Gasteiger partial charge in [-0.2, -0.15) is 4.72 Å². The molecule has 1 aliphatic heterocycles. The molecule has 1 aliphatic rings. The van der Waals surface area contributed by atoms with Crippen LogP contribution in [0.15, 0.2) is 9.42 Å². The molecule has 0 aromatic carbocycles. The topological polar surface area (TPSA) is 130 Å². The molecule has 2 N–H and O–H groups in total. The van der Waals surface area contributed by atoms with Crippen LogP contribution in [0.2, 0.25) is 0 Å². The highest BCUT2D eigenvalue weighted by atomic mass is 32.2. The normalized spacial score (nSPS) is 19.5. The average Bonchev–Trinajstić information content (AvgIpc) is 3.03. The van der Waals surface area contributed by atoms with E-state index in [1.165, 1.54) is 25.7 Å². The van der Waals surface area contributed by atoms with Crippen LogP contribution in [0.1, 0.15) is 37.6 Å². The fourth-order valence-corrected chi connectivity index (χ4v) is 4.51. The number of aliphatic carboxylic acids is 1. The SMILES string of the molecule is Cc1noc(C)c1S(=O)(=O)NC(C)C(=O)N1CCCC1CC(=O)O. The van der Waals surface area contributed by atoms with Crippen LogP contribution in [0.5, 0.6) is 0 Å². The van der Waals surface area contributed by atoms with Crippen molar-refractivity contribution in [2.75, 3.05) is 6.54 Å². The maximum atomic E-state index is 12.5. The lowest BCUT2D eigenvalue weighted by atomic mass is 10.1. The van der Waals surface area contributed by atoms with Crippen LogP contribution >= 0.6 is 0 Å². The summed E-state index contributed by atoms with van der Waals surface area (Å²) in [6.07, 6.45) is 1.16. The van der Waals surface area contributed by atoms with Crippen molar-refractivity contribution in [2.45, 2.75) is 57.0 Å². The molecule has 10 heteroatoms. The predicted octanol–water partition coefficient (Wildman–Crippen LogP) is 0.424. The van der Waals surface area contributed by atoms with E-state index < -0.39 is 34.0 Å². The van der Waals surface area contributed by atoms with E-state index in [2.05, 4.69) is 9.88 Å². The smallest absolute Gasteiger partial charge is 0.305 e. The van der Waals surface area contributed by atoms with Gasteiger partial charge in [0.2, 0.25) is 15.9 Å². The number of carbonyl (C=O) groups excluding carboxylic acids is 1. The van der Waals surface area contributed by atoms with Crippen molar-refractivity contribution in [3.63, 3.8) is 0 Å². The van der Waals surface area contributed by atoms with Gasteiger partial charge in [-0.1, -0.05) is 5.16 Å². The van der Waals surface area contributed by atoms with E-state index in [-0.39, 0.29) is 22.8 Å². The Morgan fingerprint density at radius 2 is 2.12 bits per heavy atom. The Morgan fingerprint density at radius 3 is 2.67 bits per heavy atom. The Bertz CT molecular complexity index is 722. The lowest BCUT2D eigenvalue weighted by molar-refractivity contribution is -0.140. The molecular formula is C14H21N3O6S. The minimum atomic E-state index is -3.96. The number of nitrogens with zero attached hydrogens (tertiary/aromatic N) is 2. The van der Waals surface area contributed by atoms with Gasteiger partial charge in [0.05, 0.1) is 12.5 Å². The lowest BCUT2D eigenvalue weighted by Gasteiger charge is -2.26. The number of hydrogen-bond donors (Lipinski definition) is 2. The number of aryl methyl sites for hydroxylation is 2. The molecule has 24 heavy (non-hydrogen) atoms. The van der Waals surface area contributed by atoms with Gasteiger partial charge in [-0.3, -0.25) is 9.59 Å². The standard InChI is InChI=1S/C14H21N3O6S/c1-8-13(10(3)23-15-8)24(21,22)16-9(2)14(20)17-6-4-5-11(17)7-12(18)19/h9,11,16H,4-7H2,1-3H3,(H,18,19). The van der Waals surface area contributed by atoms with Gasteiger partial charge in [0.1, 0.15) is 10.6 Å². The molecule has 2 atom stereocenters. The van der Waals surface area contributed by atoms with Gasteiger partial charge in [0, 0.05) is 12.6 Å². The number of carboxylic acid groups (broad SMARTS) is 1. The fraction of sp³-hybridized carbons (Fsp3) is 0.643. The molecule has 1 fully saturated rings. The van der Waals surface area contributed by atoms with Crippen LogP contribution in [-0.4, -0.2) is 54.1 Å². The first kappa shape index (κ1) is 18.4. The average molecular weight is 359 g/mol. The van der Waals surface area contributed by atoms with Crippen LogP contribution in [0.4, 0.5) is 0 Å². The molecule has 1 amide bonds. The zero-order chi connectivity index (χ0) is 18.1. The van der Waals surface area contributed by atoms with E-state index in [1.54, 1.807) is 0 Å². The fourth-order valence-electron chi connectivity index (χ4n) is 2.99. The lowest BCUT2D eigenvalue weighted by Crippen LogP contribution is -2.49. The Labute approximate surface area is 140 Å². The first-order valence-corrected chi connectivity index (χ1v) is 9.09. The van der Waals surface area contributed by atoms with Gasteiger partial charge in [0.25, 0.3) is 0 Å². The molecule has 0 spiro atoms. The van der Waals surface area contributed by atoms with Crippen molar-refractivity contribution in [3.8, 4) is 0 Å². The van der Waals surface area contributed by atoms with E-state index in [0.29, 0.717) is 19.4 Å². The highest BCUT2D eigenvalue weighted by molar-refractivity contribution is 7.89. The first-order chi connectivity index (χ1) is 11.1. The molecule has 0 aliphatic carbocycles. The zero-order valence-electron chi connectivity index (χ0n) is 13.8. The summed E-state index contributed by atoms with van der Waals surface area (Å²) in [5, 5.41) is 12.5. The van der Waals surface area contributed by atoms with E-state index in [1.807, 2.05) is 0 Å². The second kappa shape index (κ2) is 6.89. The summed E-state index contributed by atoms with van der Waals surface area (Å²) >= 11 is 0. The first-order valence-electron chi connectivity index (χ1n) is 7.61. The van der Waals surface area contributed by atoms with Crippen molar-refractivity contribution in [1.82, 2.24) is 14.8 Å². The Morgan fingerprint density at radius 1 is 1.46 bits per heavy atom. The summed E-state index contributed by atoms with van der Waals surface area (Å²) < 4.78 is 32.1. The number of sulfonamides is 1. The minimum Gasteiger partial charge on any atom is -0.481 e. The highest BCUT2D eigenvalue weighted by Gasteiger charge is 2.35. The molecule has 2 heterocycles. The van der Waals surface area contributed by atoms with Gasteiger partial charge in [-0.15, -0.1) is 0 Å². The minimum absolute atomic E-state index is 0.0781. The van der Waals surface area contributed by atoms with Gasteiger partial charge in [-0.05, 0) is 33.6 Å². The number of carbonyl (C=O) groups is 2. The predicted molar refractivity (Wildman–Crippen MR) is 82.7 cm³/mol. The molecule has 134 valence electrons. The molecule has 1 aromatic heterocycles.